The molecule has 0 radical (unpaired) electrons. The minimum absolute atomic E-state index is 0.853. The fraction of sp³-hybridized carbons (Fsp3) is 0.167. The molecule has 2 heteroatoms. The normalized spacial score (nSPS) is 10.1. The molecule has 2 aromatic rings. The molecule has 0 aliphatic heterocycles. The van der Waals surface area contributed by atoms with Crippen molar-refractivity contribution in [1.29, 1.82) is 0 Å². The average Bonchev–Trinajstić information content (AvgIpc) is 2.52. The SMILES string of the molecule is Cc1ccn(Oc2ccccc2)c1C. The Hall–Kier alpha value is -1.70. The Kier molecular flexibility index (Phi) is 2.27. The van der Waals surface area contributed by atoms with E-state index in [1.54, 1.807) is 4.73 Å². The predicted molar refractivity (Wildman–Crippen MR) is 56.4 cm³/mol. The second-order valence-electron chi connectivity index (χ2n) is 3.31. The van der Waals surface area contributed by atoms with Gasteiger partial charge in [0.05, 0.1) is 5.69 Å². The van der Waals surface area contributed by atoms with Gasteiger partial charge in [-0.25, -0.2) is 0 Å². The molecular formula is C12H13NO. The van der Waals surface area contributed by atoms with Crippen LogP contribution in [-0.4, -0.2) is 4.73 Å². The van der Waals surface area contributed by atoms with Crippen LogP contribution in [0.15, 0.2) is 42.6 Å². The topological polar surface area (TPSA) is 14.2 Å². The smallest absolute Gasteiger partial charge is 0.155 e. The lowest BCUT2D eigenvalue weighted by molar-refractivity contribution is 0.210. The molecule has 0 atom stereocenters. The van der Waals surface area contributed by atoms with E-state index in [2.05, 4.69) is 6.92 Å². The van der Waals surface area contributed by atoms with Crippen LogP contribution in [0.4, 0.5) is 0 Å². The Labute approximate surface area is 83.7 Å². The van der Waals surface area contributed by atoms with Gasteiger partial charge in [0.25, 0.3) is 0 Å². The highest BCUT2D eigenvalue weighted by Crippen LogP contribution is 2.13. The summed E-state index contributed by atoms with van der Waals surface area (Å²) in [5.41, 5.74) is 2.37. The molecule has 0 amide bonds. The molecule has 2 nitrogen and oxygen atoms in total. The number of benzene rings is 1. The molecular weight excluding hydrogens is 174 g/mol. The van der Waals surface area contributed by atoms with E-state index in [-0.39, 0.29) is 0 Å². The summed E-state index contributed by atoms with van der Waals surface area (Å²) in [7, 11) is 0. The van der Waals surface area contributed by atoms with Gasteiger partial charge < -0.3 is 4.84 Å². The van der Waals surface area contributed by atoms with Crippen LogP contribution in [0.5, 0.6) is 5.75 Å². The molecule has 2 rings (SSSR count). The summed E-state index contributed by atoms with van der Waals surface area (Å²) in [4.78, 5) is 5.65. The Balaban J connectivity index is 2.23. The minimum atomic E-state index is 0.853. The first-order chi connectivity index (χ1) is 6.77. The number of hydrogen-bond donors (Lipinski definition) is 0. The summed E-state index contributed by atoms with van der Waals surface area (Å²) in [5.74, 6) is 0.853. The fourth-order valence-electron chi connectivity index (χ4n) is 1.28. The summed E-state index contributed by atoms with van der Waals surface area (Å²) in [6.07, 6.45) is 1.93. The van der Waals surface area contributed by atoms with E-state index in [0.29, 0.717) is 0 Å². The van der Waals surface area contributed by atoms with Crippen LogP contribution in [0.2, 0.25) is 0 Å². The number of hydrogen-bond acceptors (Lipinski definition) is 1. The Morgan fingerprint density at radius 3 is 2.29 bits per heavy atom. The lowest BCUT2D eigenvalue weighted by Gasteiger charge is -2.07. The molecule has 0 unspecified atom stereocenters. The van der Waals surface area contributed by atoms with Crippen molar-refractivity contribution >= 4 is 0 Å². The third-order valence-corrected chi connectivity index (χ3v) is 2.31. The largest absolute Gasteiger partial charge is 0.376 e. The summed E-state index contributed by atoms with van der Waals surface area (Å²) < 4.78 is 1.78. The van der Waals surface area contributed by atoms with Gasteiger partial charge in [0.1, 0.15) is 0 Å². The van der Waals surface area contributed by atoms with Gasteiger partial charge in [-0.1, -0.05) is 18.2 Å². The molecule has 72 valence electrons. The first kappa shape index (κ1) is 8.88. The van der Waals surface area contributed by atoms with Gasteiger partial charge >= 0.3 is 0 Å². The maximum absolute atomic E-state index is 5.65. The van der Waals surface area contributed by atoms with Crippen LogP contribution >= 0.6 is 0 Å². The van der Waals surface area contributed by atoms with Gasteiger partial charge in [0.2, 0.25) is 0 Å². The lowest BCUT2D eigenvalue weighted by Crippen LogP contribution is -2.05. The standard InChI is InChI=1S/C12H13NO/c1-10-8-9-13(11(10)2)14-12-6-4-3-5-7-12/h3-9H,1-2H3. The van der Waals surface area contributed by atoms with Gasteiger partial charge in [-0.2, -0.15) is 4.73 Å². The van der Waals surface area contributed by atoms with Gasteiger partial charge in [0.15, 0.2) is 5.75 Å². The molecule has 14 heavy (non-hydrogen) atoms. The van der Waals surface area contributed by atoms with E-state index in [1.807, 2.05) is 49.5 Å². The number of aromatic nitrogens is 1. The van der Waals surface area contributed by atoms with Crippen molar-refractivity contribution in [1.82, 2.24) is 4.73 Å². The first-order valence-electron chi connectivity index (χ1n) is 4.65. The van der Waals surface area contributed by atoms with Gasteiger partial charge in [-0.15, -0.1) is 0 Å². The molecule has 1 aromatic heterocycles. The Morgan fingerprint density at radius 2 is 1.71 bits per heavy atom. The zero-order valence-corrected chi connectivity index (χ0v) is 8.40. The van der Waals surface area contributed by atoms with Gasteiger partial charge in [0, 0.05) is 6.20 Å². The van der Waals surface area contributed by atoms with Crippen molar-refractivity contribution < 1.29 is 4.84 Å². The molecule has 0 saturated carbocycles. The molecule has 0 fully saturated rings. The summed E-state index contributed by atoms with van der Waals surface area (Å²) in [5, 5.41) is 0. The highest BCUT2D eigenvalue weighted by atomic mass is 16.7. The van der Waals surface area contributed by atoms with E-state index in [0.717, 1.165) is 11.4 Å². The van der Waals surface area contributed by atoms with E-state index >= 15 is 0 Å². The van der Waals surface area contributed by atoms with Crippen LogP contribution in [0.25, 0.3) is 0 Å². The monoisotopic (exact) mass is 187 g/mol. The fourth-order valence-corrected chi connectivity index (χ4v) is 1.28. The molecule has 1 heterocycles. The third kappa shape index (κ3) is 1.64. The molecule has 0 spiro atoms. The van der Waals surface area contributed by atoms with Crippen molar-refractivity contribution in [3.63, 3.8) is 0 Å². The lowest BCUT2D eigenvalue weighted by atomic mass is 10.3. The molecule has 0 aliphatic rings. The molecule has 0 saturated heterocycles. The number of para-hydroxylation sites is 1. The third-order valence-electron chi connectivity index (χ3n) is 2.31. The molecule has 0 N–H and O–H groups in total. The van der Waals surface area contributed by atoms with Crippen molar-refractivity contribution in [2.45, 2.75) is 13.8 Å². The second-order valence-corrected chi connectivity index (χ2v) is 3.31. The van der Waals surface area contributed by atoms with Crippen molar-refractivity contribution in [2.75, 3.05) is 0 Å². The maximum atomic E-state index is 5.65. The molecule has 0 bridgehead atoms. The Bertz CT molecular complexity index is 417. The van der Waals surface area contributed by atoms with Crippen LogP contribution < -0.4 is 4.84 Å². The zero-order chi connectivity index (χ0) is 9.97. The van der Waals surface area contributed by atoms with E-state index < -0.39 is 0 Å². The van der Waals surface area contributed by atoms with Crippen LogP contribution in [0.1, 0.15) is 11.3 Å². The van der Waals surface area contributed by atoms with Gasteiger partial charge in [-0.05, 0) is 37.6 Å². The molecule has 1 aromatic carbocycles. The first-order valence-corrected chi connectivity index (χ1v) is 4.65. The predicted octanol–water partition coefficient (Wildman–Crippen LogP) is 2.95. The second kappa shape index (κ2) is 3.58. The van der Waals surface area contributed by atoms with Gasteiger partial charge in [-0.3, -0.25) is 0 Å². The summed E-state index contributed by atoms with van der Waals surface area (Å²) in [6.45, 7) is 4.11. The number of nitrogens with zero attached hydrogens (tertiary/aromatic N) is 1. The number of rotatable bonds is 2. The maximum Gasteiger partial charge on any atom is 0.155 e. The van der Waals surface area contributed by atoms with E-state index in [1.165, 1.54) is 5.56 Å². The molecule has 0 aliphatic carbocycles. The number of aryl methyl sites for hydroxylation is 1. The van der Waals surface area contributed by atoms with Crippen molar-refractivity contribution in [3.8, 4) is 5.75 Å². The van der Waals surface area contributed by atoms with E-state index in [9.17, 15) is 0 Å². The summed E-state index contributed by atoms with van der Waals surface area (Å²) >= 11 is 0. The van der Waals surface area contributed by atoms with Crippen LogP contribution in [0, 0.1) is 13.8 Å². The average molecular weight is 187 g/mol. The van der Waals surface area contributed by atoms with Crippen molar-refractivity contribution in [2.24, 2.45) is 0 Å². The Morgan fingerprint density at radius 1 is 1.00 bits per heavy atom. The minimum Gasteiger partial charge on any atom is -0.376 e. The summed E-state index contributed by atoms with van der Waals surface area (Å²) in [6, 6.07) is 11.8. The highest BCUT2D eigenvalue weighted by Gasteiger charge is 2.01. The zero-order valence-electron chi connectivity index (χ0n) is 8.40. The van der Waals surface area contributed by atoms with Crippen LogP contribution in [0.3, 0.4) is 0 Å². The quantitative estimate of drug-likeness (QED) is 0.705. The van der Waals surface area contributed by atoms with Crippen LogP contribution in [-0.2, 0) is 0 Å². The van der Waals surface area contributed by atoms with Crippen molar-refractivity contribution in [3.05, 3.63) is 53.9 Å². The van der Waals surface area contributed by atoms with E-state index in [4.69, 9.17) is 4.84 Å². The highest BCUT2D eigenvalue weighted by molar-refractivity contribution is 5.23.